The van der Waals surface area contributed by atoms with E-state index in [0.29, 0.717) is 35.5 Å². The van der Waals surface area contributed by atoms with Crippen LogP contribution in [-0.4, -0.2) is 36.2 Å². The number of piperidine rings is 1. The Kier molecular flexibility index (Phi) is 4.15. The van der Waals surface area contributed by atoms with Crippen molar-refractivity contribution in [1.29, 1.82) is 0 Å². The molecule has 116 valence electrons. The van der Waals surface area contributed by atoms with E-state index in [0.717, 1.165) is 0 Å². The van der Waals surface area contributed by atoms with Crippen molar-refractivity contribution in [3.05, 3.63) is 45.3 Å². The Morgan fingerprint density at radius 3 is 3.00 bits per heavy atom. The van der Waals surface area contributed by atoms with Crippen LogP contribution in [0.5, 0.6) is 0 Å². The number of carbonyl (C=O) groups is 1. The molecule has 1 aromatic carbocycles. The van der Waals surface area contributed by atoms with Gasteiger partial charge in [0.2, 0.25) is 0 Å². The van der Waals surface area contributed by atoms with Gasteiger partial charge < -0.3 is 20.2 Å². The summed E-state index contributed by atoms with van der Waals surface area (Å²) in [7, 11) is 0. The molecule has 3 rings (SSSR count). The Morgan fingerprint density at radius 2 is 2.23 bits per heavy atom. The number of aliphatic hydroxyl groups is 1. The first kappa shape index (κ1) is 15.0. The Labute approximate surface area is 131 Å². The standard InChI is InChI=1S/C15H15ClN2O4/c16-9-1-2-13-8(5-9)6-10(15(21)22-13)14(20)18-11-7-17-4-3-12(11)19/h1-2,5-6,11-12,17,19H,3-4,7H2,(H,18,20)/t11-,12+/m0/s1. The van der Waals surface area contributed by atoms with Crippen LogP contribution in [0.4, 0.5) is 0 Å². The molecule has 1 aliphatic heterocycles. The van der Waals surface area contributed by atoms with Crippen LogP contribution in [0.15, 0.2) is 33.5 Å². The Balaban J connectivity index is 1.90. The number of fused-ring (bicyclic) bond motifs is 1. The molecule has 2 aromatic rings. The maximum absolute atomic E-state index is 12.3. The summed E-state index contributed by atoms with van der Waals surface area (Å²) < 4.78 is 5.13. The molecule has 1 amide bonds. The molecular formula is C15H15ClN2O4. The van der Waals surface area contributed by atoms with Gasteiger partial charge in [0.05, 0.1) is 12.1 Å². The van der Waals surface area contributed by atoms with E-state index in [1.54, 1.807) is 18.2 Å². The van der Waals surface area contributed by atoms with Crippen LogP contribution in [0.25, 0.3) is 11.0 Å². The van der Waals surface area contributed by atoms with Crippen molar-refractivity contribution < 1.29 is 14.3 Å². The minimum atomic E-state index is -0.717. The first-order valence-electron chi connectivity index (χ1n) is 6.97. The first-order chi connectivity index (χ1) is 10.5. The van der Waals surface area contributed by atoms with E-state index >= 15 is 0 Å². The minimum Gasteiger partial charge on any atom is -0.422 e. The van der Waals surface area contributed by atoms with E-state index < -0.39 is 23.7 Å². The Bertz CT molecular complexity index is 774. The van der Waals surface area contributed by atoms with E-state index in [-0.39, 0.29) is 5.56 Å². The van der Waals surface area contributed by atoms with Crippen LogP contribution >= 0.6 is 11.6 Å². The summed E-state index contributed by atoms with van der Waals surface area (Å²) in [6, 6.07) is 5.82. The lowest BCUT2D eigenvalue weighted by Crippen LogP contribution is -2.54. The summed E-state index contributed by atoms with van der Waals surface area (Å²) in [5.41, 5.74) is -0.455. The quantitative estimate of drug-likeness (QED) is 0.715. The molecule has 7 heteroatoms. The van der Waals surface area contributed by atoms with E-state index in [4.69, 9.17) is 16.0 Å². The monoisotopic (exact) mass is 322 g/mol. The molecule has 0 spiro atoms. The molecule has 1 aromatic heterocycles. The van der Waals surface area contributed by atoms with Gasteiger partial charge in [0, 0.05) is 17.0 Å². The molecule has 1 aliphatic rings. The van der Waals surface area contributed by atoms with Gasteiger partial charge in [0.15, 0.2) is 0 Å². The van der Waals surface area contributed by atoms with Crippen molar-refractivity contribution in [3.63, 3.8) is 0 Å². The molecule has 0 radical (unpaired) electrons. The van der Waals surface area contributed by atoms with Crippen molar-refractivity contribution in [1.82, 2.24) is 10.6 Å². The van der Waals surface area contributed by atoms with Gasteiger partial charge in [-0.1, -0.05) is 11.6 Å². The second kappa shape index (κ2) is 6.08. The highest BCUT2D eigenvalue weighted by Crippen LogP contribution is 2.19. The third kappa shape index (κ3) is 2.99. The van der Waals surface area contributed by atoms with Crippen LogP contribution in [0.3, 0.4) is 0 Å². The van der Waals surface area contributed by atoms with Gasteiger partial charge in [-0.25, -0.2) is 4.79 Å². The zero-order valence-electron chi connectivity index (χ0n) is 11.6. The van der Waals surface area contributed by atoms with Gasteiger partial charge in [-0.15, -0.1) is 0 Å². The number of halogens is 1. The van der Waals surface area contributed by atoms with Crippen molar-refractivity contribution in [3.8, 4) is 0 Å². The smallest absolute Gasteiger partial charge is 0.349 e. The number of aliphatic hydroxyl groups excluding tert-OH is 1. The lowest BCUT2D eigenvalue weighted by molar-refractivity contribution is 0.0752. The largest absolute Gasteiger partial charge is 0.422 e. The summed E-state index contributed by atoms with van der Waals surface area (Å²) in [5.74, 6) is -0.566. The van der Waals surface area contributed by atoms with Crippen molar-refractivity contribution >= 4 is 28.5 Å². The molecule has 2 atom stereocenters. The van der Waals surface area contributed by atoms with Gasteiger partial charge >= 0.3 is 5.63 Å². The molecule has 0 aliphatic carbocycles. The third-order valence-corrected chi connectivity index (χ3v) is 3.94. The number of carbonyl (C=O) groups excluding carboxylic acids is 1. The van der Waals surface area contributed by atoms with Crippen molar-refractivity contribution in [2.24, 2.45) is 0 Å². The Hall–Kier alpha value is -1.89. The molecular weight excluding hydrogens is 308 g/mol. The molecule has 2 heterocycles. The fraction of sp³-hybridized carbons (Fsp3) is 0.333. The number of hydrogen-bond acceptors (Lipinski definition) is 5. The molecule has 6 nitrogen and oxygen atoms in total. The highest BCUT2D eigenvalue weighted by Gasteiger charge is 2.26. The van der Waals surface area contributed by atoms with Crippen LogP contribution in [0.1, 0.15) is 16.8 Å². The summed E-state index contributed by atoms with van der Waals surface area (Å²) in [4.78, 5) is 24.2. The maximum atomic E-state index is 12.3. The number of benzene rings is 1. The molecule has 1 saturated heterocycles. The number of hydrogen-bond donors (Lipinski definition) is 3. The van der Waals surface area contributed by atoms with E-state index in [1.807, 2.05) is 0 Å². The topological polar surface area (TPSA) is 91.6 Å². The average molecular weight is 323 g/mol. The minimum absolute atomic E-state index is 0.104. The third-order valence-electron chi connectivity index (χ3n) is 3.70. The van der Waals surface area contributed by atoms with Crippen LogP contribution in [0.2, 0.25) is 5.02 Å². The first-order valence-corrected chi connectivity index (χ1v) is 7.35. The van der Waals surface area contributed by atoms with Crippen molar-refractivity contribution in [2.75, 3.05) is 13.1 Å². The van der Waals surface area contributed by atoms with Crippen LogP contribution in [-0.2, 0) is 0 Å². The van der Waals surface area contributed by atoms with Gasteiger partial charge in [-0.2, -0.15) is 0 Å². The van der Waals surface area contributed by atoms with Crippen LogP contribution in [0, 0.1) is 0 Å². The highest BCUT2D eigenvalue weighted by atomic mass is 35.5. The van der Waals surface area contributed by atoms with Crippen LogP contribution < -0.4 is 16.3 Å². The zero-order chi connectivity index (χ0) is 15.7. The summed E-state index contributed by atoms with van der Waals surface area (Å²) in [6.45, 7) is 1.15. The molecule has 0 saturated carbocycles. The van der Waals surface area contributed by atoms with Gasteiger partial charge in [0.1, 0.15) is 11.1 Å². The van der Waals surface area contributed by atoms with E-state index in [1.165, 1.54) is 6.07 Å². The van der Waals surface area contributed by atoms with Crippen molar-refractivity contribution in [2.45, 2.75) is 18.6 Å². The van der Waals surface area contributed by atoms with E-state index in [9.17, 15) is 14.7 Å². The lowest BCUT2D eigenvalue weighted by atomic mass is 10.0. The Morgan fingerprint density at radius 1 is 1.41 bits per heavy atom. The van der Waals surface area contributed by atoms with Gasteiger partial charge in [0.25, 0.3) is 5.91 Å². The summed E-state index contributed by atoms with van der Waals surface area (Å²) in [5, 5.41) is 16.7. The number of amides is 1. The van der Waals surface area contributed by atoms with Gasteiger partial charge in [-0.3, -0.25) is 4.79 Å². The van der Waals surface area contributed by atoms with Gasteiger partial charge in [-0.05, 0) is 37.2 Å². The molecule has 0 unspecified atom stereocenters. The molecule has 0 bridgehead atoms. The summed E-state index contributed by atoms with van der Waals surface area (Å²) in [6.07, 6.45) is -0.0838. The normalized spacial score (nSPS) is 21.7. The maximum Gasteiger partial charge on any atom is 0.349 e. The SMILES string of the molecule is O=C(N[C@H]1CNCC[C@H]1O)c1cc2cc(Cl)ccc2oc1=O. The highest BCUT2D eigenvalue weighted by molar-refractivity contribution is 6.31. The number of nitrogens with one attached hydrogen (secondary N) is 2. The second-order valence-electron chi connectivity index (χ2n) is 5.27. The average Bonchev–Trinajstić information content (AvgIpc) is 2.49. The predicted molar refractivity (Wildman–Crippen MR) is 82.2 cm³/mol. The zero-order valence-corrected chi connectivity index (χ0v) is 12.4. The fourth-order valence-electron chi connectivity index (χ4n) is 2.49. The van der Waals surface area contributed by atoms with E-state index in [2.05, 4.69) is 10.6 Å². The summed E-state index contributed by atoms with van der Waals surface area (Å²) >= 11 is 5.90. The fourth-order valence-corrected chi connectivity index (χ4v) is 2.67. The molecule has 22 heavy (non-hydrogen) atoms. The number of rotatable bonds is 2. The molecule has 3 N–H and O–H groups in total. The second-order valence-corrected chi connectivity index (χ2v) is 5.71. The lowest BCUT2D eigenvalue weighted by Gasteiger charge is -2.28. The predicted octanol–water partition coefficient (Wildman–Crippen LogP) is 0.899. The molecule has 1 fully saturated rings.